The number of amides is 1. The Morgan fingerprint density at radius 1 is 1.23 bits per heavy atom. The first-order valence-electron chi connectivity index (χ1n) is 9.48. The number of nitrogens with zero attached hydrogens (tertiary/aromatic N) is 3. The largest absolute Gasteiger partial charge is 0.489 e. The number of halogens is 2. The minimum Gasteiger partial charge on any atom is -0.489 e. The van der Waals surface area contributed by atoms with Gasteiger partial charge in [-0.25, -0.2) is 4.39 Å². The summed E-state index contributed by atoms with van der Waals surface area (Å²) >= 11 is 0. The maximum Gasteiger partial charge on any atom is 0.241 e. The van der Waals surface area contributed by atoms with E-state index < -0.39 is 0 Å². The molecule has 30 heavy (non-hydrogen) atoms. The number of hydrogen-bond donors (Lipinski definition) is 2. The smallest absolute Gasteiger partial charge is 0.241 e. The molecule has 0 fully saturated rings. The second-order valence-corrected chi connectivity index (χ2v) is 6.58. The van der Waals surface area contributed by atoms with Crippen molar-refractivity contribution in [3.05, 3.63) is 60.2 Å². The molecule has 2 rings (SSSR count). The number of nitrogens with one attached hydrogen (secondary N) is 2. The van der Waals surface area contributed by atoms with Crippen LogP contribution in [0.3, 0.4) is 0 Å². The Morgan fingerprint density at radius 2 is 1.97 bits per heavy atom. The number of benzene rings is 1. The maximum atomic E-state index is 12.9. The first kappa shape index (κ1) is 25.6. The van der Waals surface area contributed by atoms with E-state index in [0.29, 0.717) is 31.2 Å². The number of carbonyl (C=O) groups excluding carboxylic acids is 1. The molecule has 0 aliphatic rings. The third-order valence-corrected chi connectivity index (χ3v) is 4.19. The van der Waals surface area contributed by atoms with Crippen molar-refractivity contribution in [2.75, 3.05) is 33.7 Å². The van der Waals surface area contributed by atoms with Gasteiger partial charge in [-0.05, 0) is 43.3 Å². The highest BCUT2D eigenvalue weighted by atomic mass is 127. The summed E-state index contributed by atoms with van der Waals surface area (Å²) < 4.78 is 18.6. The molecule has 1 amide bonds. The van der Waals surface area contributed by atoms with Crippen molar-refractivity contribution >= 4 is 35.8 Å². The molecule has 0 saturated heterocycles. The molecule has 1 unspecified atom stereocenters. The summed E-state index contributed by atoms with van der Waals surface area (Å²) in [7, 11) is 3.40. The average molecular weight is 529 g/mol. The van der Waals surface area contributed by atoms with E-state index >= 15 is 0 Å². The van der Waals surface area contributed by atoms with Crippen LogP contribution in [0.2, 0.25) is 0 Å². The summed E-state index contributed by atoms with van der Waals surface area (Å²) in [5.41, 5.74) is 0.952. The number of likely N-dealkylation sites (N-methyl/N-ethyl adjacent to an activating group) is 1. The van der Waals surface area contributed by atoms with Gasteiger partial charge in [-0.1, -0.05) is 6.07 Å². The molecule has 0 aliphatic heterocycles. The molecule has 9 heteroatoms. The number of aliphatic imine (C=N–C) groups is 1. The van der Waals surface area contributed by atoms with Crippen LogP contribution in [0, 0.1) is 5.82 Å². The van der Waals surface area contributed by atoms with Crippen LogP contribution in [0.1, 0.15) is 12.6 Å². The zero-order valence-corrected chi connectivity index (χ0v) is 19.8. The van der Waals surface area contributed by atoms with Gasteiger partial charge in [0.15, 0.2) is 5.96 Å². The number of ether oxygens (including phenoxy) is 1. The zero-order chi connectivity index (χ0) is 21.1. The zero-order valence-electron chi connectivity index (χ0n) is 17.5. The molecule has 1 aromatic carbocycles. The van der Waals surface area contributed by atoms with Crippen LogP contribution in [-0.2, 0) is 11.2 Å². The van der Waals surface area contributed by atoms with Crippen molar-refractivity contribution in [2.45, 2.75) is 19.4 Å². The summed E-state index contributed by atoms with van der Waals surface area (Å²) in [6, 6.07) is 11.6. The van der Waals surface area contributed by atoms with Gasteiger partial charge in [-0.3, -0.25) is 14.8 Å². The lowest BCUT2D eigenvalue weighted by Gasteiger charge is -2.20. The Hall–Kier alpha value is -2.43. The molecule has 0 aliphatic carbocycles. The van der Waals surface area contributed by atoms with Gasteiger partial charge in [0.2, 0.25) is 5.91 Å². The first-order chi connectivity index (χ1) is 14.0. The molecular weight excluding hydrogens is 500 g/mol. The van der Waals surface area contributed by atoms with E-state index in [1.807, 2.05) is 25.1 Å². The van der Waals surface area contributed by atoms with Crippen LogP contribution in [0.25, 0.3) is 0 Å². The quantitative estimate of drug-likeness (QED) is 0.297. The maximum absolute atomic E-state index is 12.9. The fourth-order valence-electron chi connectivity index (χ4n) is 2.50. The topological polar surface area (TPSA) is 78.9 Å². The van der Waals surface area contributed by atoms with Crippen LogP contribution in [0.5, 0.6) is 5.75 Å². The van der Waals surface area contributed by atoms with E-state index in [2.05, 4.69) is 20.6 Å². The van der Waals surface area contributed by atoms with Gasteiger partial charge in [-0.15, -0.1) is 24.0 Å². The highest BCUT2D eigenvalue weighted by Crippen LogP contribution is 2.12. The van der Waals surface area contributed by atoms with Gasteiger partial charge in [0.05, 0.1) is 13.1 Å². The van der Waals surface area contributed by atoms with E-state index in [1.54, 1.807) is 37.3 Å². The van der Waals surface area contributed by atoms with Crippen molar-refractivity contribution in [2.24, 2.45) is 4.99 Å². The first-order valence-corrected chi connectivity index (χ1v) is 9.48. The van der Waals surface area contributed by atoms with Crippen LogP contribution >= 0.6 is 24.0 Å². The Labute approximate surface area is 194 Å². The molecule has 1 aromatic heterocycles. The summed E-state index contributed by atoms with van der Waals surface area (Å²) in [5, 5.41) is 6.11. The standard InChI is InChI=1S/C21H28FN5O2.HI/c1-16(29-19-9-7-17(22)8-10-19)14-25-21(23-2)26-15-20(28)27(3)13-11-18-6-4-5-12-24-18;/h4-10,12,16H,11,13-15H2,1-3H3,(H2,23,25,26);1H. The third kappa shape index (κ3) is 9.38. The SMILES string of the molecule is CN=C(NCC(=O)N(C)CCc1ccccn1)NCC(C)Oc1ccc(F)cc1.I. The molecular formula is C21H29FIN5O2. The van der Waals surface area contributed by atoms with Crippen LogP contribution in [0.15, 0.2) is 53.7 Å². The molecule has 0 radical (unpaired) electrons. The number of pyridine rings is 1. The highest BCUT2D eigenvalue weighted by Gasteiger charge is 2.11. The Bertz CT molecular complexity index is 790. The summed E-state index contributed by atoms with van der Waals surface area (Å²) in [5.74, 6) is 0.751. The minimum absolute atomic E-state index is 0. The number of aromatic nitrogens is 1. The normalized spacial score (nSPS) is 11.8. The van der Waals surface area contributed by atoms with Gasteiger partial charge in [0.1, 0.15) is 17.7 Å². The van der Waals surface area contributed by atoms with Crippen LogP contribution < -0.4 is 15.4 Å². The van der Waals surface area contributed by atoms with Crippen molar-refractivity contribution in [3.8, 4) is 5.75 Å². The lowest BCUT2D eigenvalue weighted by molar-refractivity contribution is -0.128. The van der Waals surface area contributed by atoms with Gasteiger partial charge >= 0.3 is 0 Å². The van der Waals surface area contributed by atoms with Crippen molar-refractivity contribution < 1.29 is 13.9 Å². The number of hydrogen-bond acceptors (Lipinski definition) is 4. The lowest BCUT2D eigenvalue weighted by atomic mass is 10.2. The summed E-state index contributed by atoms with van der Waals surface area (Å²) in [6.45, 7) is 3.08. The van der Waals surface area contributed by atoms with E-state index in [4.69, 9.17) is 4.74 Å². The van der Waals surface area contributed by atoms with Gasteiger partial charge < -0.3 is 20.3 Å². The van der Waals surface area contributed by atoms with Gasteiger partial charge in [-0.2, -0.15) is 0 Å². The lowest BCUT2D eigenvalue weighted by Crippen LogP contribution is -2.46. The highest BCUT2D eigenvalue weighted by molar-refractivity contribution is 14.0. The van der Waals surface area contributed by atoms with Gasteiger partial charge in [0.25, 0.3) is 0 Å². The number of guanidine groups is 1. The van der Waals surface area contributed by atoms with E-state index in [0.717, 1.165) is 5.69 Å². The van der Waals surface area contributed by atoms with Crippen LogP contribution in [-0.4, -0.2) is 61.6 Å². The molecule has 0 saturated carbocycles. The Kier molecular flexibility index (Phi) is 11.7. The van der Waals surface area contributed by atoms with E-state index in [-0.39, 0.29) is 48.3 Å². The fourth-order valence-corrected chi connectivity index (χ4v) is 2.50. The third-order valence-electron chi connectivity index (χ3n) is 4.19. The Morgan fingerprint density at radius 3 is 2.60 bits per heavy atom. The van der Waals surface area contributed by atoms with Crippen molar-refractivity contribution in [1.29, 1.82) is 0 Å². The summed E-state index contributed by atoms with van der Waals surface area (Å²) in [4.78, 5) is 22.3. The molecule has 0 spiro atoms. The molecule has 7 nitrogen and oxygen atoms in total. The van der Waals surface area contributed by atoms with Gasteiger partial charge in [0, 0.05) is 39.0 Å². The summed E-state index contributed by atoms with van der Waals surface area (Å²) in [6.07, 6.45) is 2.28. The van der Waals surface area contributed by atoms with E-state index in [1.165, 1.54) is 12.1 Å². The van der Waals surface area contributed by atoms with Crippen molar-refractivity contribution in [3.63, 3.8) is 0 Å². The second kappa shape index (κ2) is 13.7. The predicted octanol–water partition coefficient (Wildman–Crippen LogP) is 2.47. The van der Waals surface area contributed by atoms with Crippen molar-refractivity contribution in [1.82, 2.24) is 20.5 Å². The number of rotatable bonds is 9. The molecule has 0 bridgehead atoms. The molecule has 164 valence electrons. The molecule has 1 heterocycles. The molecule has 2 N–H and O–H groups in total. The fraction of sp³-hybridized carbons (Fsp3) is 0.381. The van der Waals surface area contributed by atoms with E-state index in [9.17, 15) is 9.18 Å². The number of carbonyl (C=O) groups is 1. The average Bonchev–Trinajstić information content (AvgIpc) is 2.74. The Balaban J connectivity index is 0.00000450. The second-order valence-electron chi connectivity index (χ2n) is 6.58. The minimum atomic E-state index is -0.303. The molecule has 1 atom stereocenters. The predicted molar refractivity (Wildman–Crippen MR) is 127 cm³/mol. The molecule has 2 aromatic rings. The monoisotopic (exact) mass is 529 g/mol. The van der Waals surface area contributed by atoms with Crippen LogP contribution in [0.4, 0.5) is 4.39 Å².